The molecular formula is C21H21IN2O4. The summed E-state index contributed by atoms with van der Waals surface area (Å²) in [5.74, 6) is -0.243. The fourth-order valence-electron chi connectivity index (χ4n) is 3.18. The Hall–Kier alpha value is -2.42. The zero-order valence-corrected chi connectivity index (χ0v) is 17.6. The second kappa shape index (κ2) is 9.18. The number of piperidine rings is 1. The number of likely N-dealkylation sites (tertiary alicyclic amines) is 1. The van der Waals surface area contributed by atoms with Crippen LogP contribution in [-0.4, -0.2) is 41.8 Å². The minimum absolute atomic E-state index is 0.0416. The number of nitrogens with zero attached hydrogens (tertiary/aromatic N) is 1. The molecule has 7 heteroatoms. The maximum Gasteiger partial charge on any atom is 0.308 e. The highest BCUT2D eigenvalue weighted by atomic mass is 127. The summed E-state index contributed by atoms with van der Waals surface area (Å²) in [6.07, 6.45) is 1.40. The second-order valence-electron chi connectivity index (χ2n) is 6.64. The van der Waals surface area contributed by atoms with Gasteiger partial charge in [0, 0.05) is 35.2 Å². The first-order valence-corrected chi connectivity index (χ1v) is 10.1. The Morgan fingerprint density at radius 1 is 1.07 bits per heavy atom. The zero-order chi connectivity index (χ0) is 20.1. The van der Waals surface area contributed by atoms with E-state index in [1.807, 2.05) is 24.3 Å². The third-order valence-electron chi connectivity index (χ3n) is 4.58. The highest BCUT2D eigenvalue weighted by molar-refractivity contribution is 14.1. The van der Waals surface area contributed by atoms with Gasteiger partial charge in [-0.1, -0.05) is 18.2 Å². The van der Waals surface area contributed by atoms with Crippen molar-refractivity contribution in [2.75, 3.05) is 13.1 Å². The first kappa shape index (κ1) is 20.3. The summed E-state index contributed by atoms with van der Waals surface area (Å²) in [6, 6.07) is 14.1. The summed E-state index contributed by atoms with van der Waals surface area (Å²) in [5, 5.41) is 3.07. The number of ether oxygens (including phenoxy) is 1. The zero-order valence-electron chi connectivity index (χ0n) is 15.5. The van der Waals surface area contributed by atoms with Gasteiger partial charge in [-0.25, -0.2) is 0 Å². The molecule has 1 aliphatic heterocycles. The van der Waals surface area contributed by atoms with E-state index in [-0.39, 0.29) is 17.9 Å². The number of halogens is 1. The molecule has 0 aromatic heterocycles. The van der Waals surface area contributed by atoms with E-state index in [9.17, 15) is 14.4 Å². The normalized spacial score (nSPS) is 14.4. The molecule has 0 bridgehead atoms. The van der Waals surface area contributed by atoms with Crippen LogP contribution >= 0.6 is 22.6 Å². The van der Waals surface area contributed by atoms with Crippen LogP contribution in [0, 0.1) is 3.57 Å². The van der Waals surface area contributed by atoms with Gasteiger partial charge in [0.2, 0.25) is 0 Å². The molecule has 1 fully saturated rings. The Labute approximate surface area is 177 Å². The van der Waals surface area contributed by atoms with Crippen molar-refractivity contribution in [1.82, 2.24) is 10.2 Å². The largest absolute Gasteiger partial charge is 0.427 e. The molecule has 1 saturated heterocycles. The molecule has 2 aromatic rings. The van der Waals surface area contributed by atoms with Crippen LogP contribution in [0.4, 0.5) is 0 Å². The molecule has 146 valence electrons. The minimum atomic E-state index is -0.422. The molecule has 0 atom stereocenters. The van der Waals surface area contributed by atoms with Gasteiger partial charge >= 0.3 is 5.97 Å². The lowest BCUT2D eigenvalue weighted by atomic mass is 10.0. The van der Waals surface area contributed by atoms with Crippen molar-refractivity contribution in [2.45, 2.75) is 25.8 Å². The lowest BCUT2D eigenvalue weighted by Gasteiger charge is -2.32. The number of hydrogen-bond acceptors (Lipinski definition) is 4. The third kappa shape index (κ3) is 5.09. The van der Waals surface area contributed by atoms with Gasteiger partial charge in [0.15, 0.2) is 0 Å². The maximum atomic E-state index is 12.7. The van der Waals surface area contributed by atoms with Crippen molar-refractivity contribution in [3.8, 4) is 5.75 Å². The first-order valence-electron chi connectivity index (χ1n) is 9.07. The van der Waals surface area contributed by atoms with Crippen LogP contribution in [0.5, 0.6) is 5.75 Å². The van der Waals surface area contributed by atoms with Crippen LogP contribution in [0.2, 0.25) is 0 Å². The van der Waals surface area contributed by atoms with Gasteiger partial charge in [0.1, 0.15) is 5.75 Å². The van der Waals surface area contributed by atoms with Crippen molar-refractivity contribution < 1.29 is 19.1 Å². The molecule has 0 radical (unpaired) electrons. The van der Waals surface area contributed by atoms with Gasteiger partial charge in [0.05, 0.1) is 5.56 Å². The minimum Gasteiger partial charge on any atom is -0.427 e. The summed E-state index contributed by atoms with van der Waals surface area (Å²) in [7, 11) is 0. The third-order valence-corrected chi connectivity index (χ3v) is 5.52. The Bertz CT molecular complexity index is 891. The molecule has 6 nitrogen and oxygen atoms in total. The SMILES string of the molecule is CC(=O)Oc1cccc(C(=O)N2CCC(NC(=O)c3ccccc3I)CC2)c1. The average Bonchev–Trinajstić information content (AvgIpc) is 2.68. The number of benzene rings is 2. The summed E-state index contributed by atoms with van der Waals surface area (Å²) in [4.78, 5) is 38.0. The molecule has 1 N–H and O–H groups in total. The van der Waals surface area contributed by atoms with Crippen LogP contribution in [0.25, 0.3) is 0 Å². The number of carbonyl (C=O) groups excluding carboxylic acids is 3. The van der Waals surface area contributed by atoms with Crippen molar-refractivity contribution in [3.05, 3.63) is 63.2 Å². The smallest absolute Gasteiger partial charge is 0.308 e. The summed E-state index contributed by atoms with van der Waals surface area (Å²) >= 11 is 2.15. The van der Waals surface area contributed by atoms with E-state index in [4.69, 9.17) is 4.74 Å². The monoisotopic (exact) mass is 492 g/mol. The van der Waals surface area contributed by atoms with Gasteiger partial charge < -0.3 is 15.0 Å². The first-order chi connectivity index (χ1) is 13.4. The van der Waals surface area contributed by atoms with Crippen molar-refractivity contribution in [3.63, 3.8) is 0 Å². The van der Waals surface area contributed by atoms with Crippen LogP contribution < -0.4 is 10.1 Å². The standard InChI is InChI=1S/C21H21IN2O4/c1-14(25)28-17-6-4-5-15(13-17)21(27)24-11-9-16(10-12-24)23-20(26)18-7-2-3-8-19(18)22/h2-8,13,16H,9-12H2,1H3,(H,23,26). The van der Waals surface area contributed by atoms with Gasteiger partial charge in [0.25, 0.3) is 11.8 Å². The second-order valence-corrected chi connectivity index (χ2v) is 7.80. The highest BCUT2D eigenvalue weighted by Crippen LogP contribution is 2.19. The number of carbonyl (C=O) groups is 3. The molecule has 2 aromatic carbocycles. The summed E-state index contributed by atoms with van der Waals surface area (Å²) < 4.78 is 5.96. The molecule has 1 heterocycles. The number of rotatable bonds is 4. The molecular weight excluding hydrogens is 471 g/mol. The lowest BCUT2D eigenvalue weighted by Crippen LogP contribution is -2.46. The van der Waals surface area contributed by atoms with E-state index in [1.54, 1.807) is 29.2 Å². The summed E-state index contributed by atoms with van der Waals surface area (Å²) in [6.45, 7) is 2.45. The predicted molar refractivity (Wildman–Crippen MR) is 113 cm³/mol. The quantitative estimate of drug-likeness (QED) is 0.404. The Balaban J connectivity index is 1.56. The highest BCUT2D eigenvalue weighted by Gasteiger charge is 2.25. The van der Waals surface area contributed by atoms with E-state index < -0.39 is 5.97 Å². The fourth-order valence-corrected chi connectivity index (χ4v) is 3.81. The topological polar surface area (TPSA) is 75.7 Å². The molecule has 1 aliphatic rings. The molecule has 0 spiro atoms. The molecule has 28 heavy (non-hydrogen) atoms. The predicted octanol–water partition coefficient (Wildman–Crippen LogP) is 3.25. The van der Waals surface area contributed by atoms with E-state index in [0.29, 0.717) is 42.8 Å². The van der Waals surface area contributed by atoms with E-state index in [0.717, 1.165) is 3.57 Å². The molecule has 0 saturated carbocycles. The molecule has 3 rings (SSSR count). The van der Waals surface area contributed by atoms with Gasteiger partial charge in [-0.2, -0.15) is 0 Å². The Morgan fingerprint density at radius 3 is 2.46 bits per heavy atom. The number of nitrogens with one attached hydrogen (secondary N) is 1. The van der Waals surface area contributed by atoms with Gasteiger partial charge in [-0.15, -0.1) is 0 Å². The Morgan fingerprint density at radius 2 is 1.79 bits per heavy atom. The van der Waals surface area contributed by atoms with E-state index in [2.05, 4.69) is 27.9 Å². The van der Waals surface area contributed by atoms with Gasteiger partial charge in [-0.05, 0) is 65.8 Å². The lowest BCUT2D eigenvalue weighted by molar-refractivity contribution is -0.131. The van der Waals surface area contributed by atoms with Crippen LogP contribution in [0.15, 0.2) is 48.5 Å². The molecule has 0 unspecified atom stereocenters. The van der Waals surface area contributed by atoms with E-state index in [1.165, 1.54) is 6.92 Å². The fraction of sp³-hybridized carbons (Fsp3) is 0.286. The van der Waals surface area contributed by atoms with Crippen LogP contribution in [0.3, 0.4) is 0 Å². The number of amides is 2. The molecule has 0 aliphatic carbocycles. The van der Waals surface area contributed by atoms with Crippen molar-refractivity contribution >= 4 is 40.4 Å². The maximum absolute atomic E-state index is 12.7. The number of hydrogen-bond donors (Lipinski definition) is 1. The average molecular weight is 492 g/mol. The van der Waals surface area contributed by atoms with Crippen LogP contribution in [-0.2, 0) is 4.79 Å². The van der Waals surface area contributed by atoms with Crippen molar-refractivity contribution in [1.29, 1.82) is 0 Å². The summed E-state index contributed by atoms with van der Waals surface area (Å²) in [5.41, 5.74) is 1.16. The number of esters is 1. The van der Waals surface area contributed by atoms with Crippen molar-refractivity contribution in [2.24, 2.45) is 0 Å². The Kier molecular flexibility index (Phi) is 6.66. The van der Waals surface area contributed by atoms with Crippen LogP contribution in [0.1, 0.15) is 40.5 Å². The molecule has 2 amide bonds. The van der Waals surface area contributed by atoms with E-state index >= 15 is 0 Å². The van der Waals surface area contributed by atoms with Gasteiger partial charge in [-0.3, -0.25) is 14.4 Å².